The maximum atomic E-state index is 12.7. The first kappa shape index (κ1) is 23.4. The number of carbonyl (C=O) groups is 2. The van der Waals surface area contributed by atoms with Crippen molar-refractivity contribution in [3.8, 4) is 17.2 Å². The Bertz CT molecular complexity index is 981. The number of rotatable bonds is 7. The zero-order valence-electron chi connectivity index (χ0n) is 19.6. The summed E-state index contributed by atoms with van der Waals surface area (Å²) < 4.78 is 16.4. The van der Waals surface area contributed by atoms with Crippen molar-refractivity contribution in [2.45, 2.75) is 27.2 Å². The van der Waals surface area contributed by atoms with Crippen molar-refractivity contribution < 1.29 is 23.8 Å². The van der Waals surface area contributed by atoms with E-state index in [1.807, 2.05) is 39.0 Å². The van der Waals surface area contributed by atoms with E-state index in [9.17, 15) is 9.59 Å². The van der Waals surface area contributed by atoms with Crippen molar-refractivity contribution in [2.24, 2.45) is 0 Å². The summed E-state index contributed by atoms with van der Waals surface area (Å²) in [6, 6.07) is 9.55. The molecule has 32 heavy (non-hydrogen) atoms. The van der Waals surface area contributed by atoms with Gasteiger partial charge in [-0.2, -0.15) is 0 Å². The molecule has 7 heteroatoms. The highest BCUT2D eigenvalue weighted by Crippen LogP contribution is 2.28. The average molecular weight is 441 g/mol. The van der Waals surface area contributed by atoms with Crippen LogP contribution in [0.4, 0.5) is 0 Å². The van der Waals surface area contributed by atoms with Crippen LogP contribution in [-0.2, 0) is 16.0 Å². The number of benzene rings is 2. The van der Waals surface area contributed by atoms with Crippen LogP contribution in [0.2, 0.25) is 0 Å². The van der Waals surface area contributed by atoms with Crippen LogP contribution in [0.5, 0.6) is 17.2 Å². The summed E-state index contributed by atoms with van der Waals surface area (Å²) in [6.45, 7) is 8.06. The molecule has 2 amide bonds. The van der Waals surface area contributed by atoms with Gasteiger partial charge in [0.25, 0.3) is 5.91 Å². The van der Waals surface area contributed by atoms with Gasteiger partial charge in [-0.05, 0) is 55.2 Å². The van der Waals surface area contributed by atoms with E-state index >= 15 is 0 Å². The second-order valence-corrected chi connectivity index (χ2v) is 8.07. The van der Waals surface area contributed by atoms with Crippen LogP contribution in [0.25, 0.3) is 0 Å². The number of carbonyl (C=O) groups excluding carboxylic acids is 2. The molecule has 1 aliphatic rings. The van der Waals surface area contributed by atoms with E-state index < -0.39 is 0 Å². The van der Waals surface area contributed by atoms with Gasteiger partial charge in [-0.1, -0.05) is 18.2 Å². The highest BCUT2D eigenvalue weighted by Gasteiger charge is 2.25. The van der Waals surface area contributed by atoms with Gasteiger partial charge in [0.1, 0.15) is 5.75 Å². The van der Waals surface area contributed by atoms with E-state index in [1.165, 1.54) is 0 Å². The van der Waals surface area contributed by atoms with Crippen LogP contribution in [0.15, 0.2) is 30.3 Å². The van der Waals surface area contributed by atoms with Crippen LogP contribution in [0, 0.1) is 20.8 Å². The first-order chi connectivity index (χ1) is 15.3. The summed E-state index contributed by atoms with van der Waals surface area (Å²) in [5, 5.41) is 0. The third-order valence-corrected chi connectivity index (χ3v) is 6.00. The molecule has 172 valence electrons. The third kappa shape index (κ3) is 5.33. The Kier molecular flexibility index (Phi) is 7.62. The predicted octanol–water partition coefficient (Wildman–Crippen LogP) is 2.92. The SMILES string of the molecule is COc1ccc(CC(=O)N2CCN(C(=O)COc3c(C)ccc(C)c3C)CC2)cc1OC. The Morgan fingerprint density at radius 3 is 2.03 bits per heavy atom. The van der Waals surface area contributed by atoms with E-state index in [-0.39, 0.29) is 24.8 Å². The molecule has 0 atom stereocenters. The van der Waals surface area contributed by atoms with Gasteiger partial charge in [-0.3, -0.25) is 9.59 Å². The van der Waals surface area contributed by atoms with Crippen molar-refractivity contribution in [3.05, 3.63) is 52.6 Å². The average Bonchev–Trinajstić information content (AvgIpc) is 2.81. The molecule has 0 N–H and O–H groups in total. The molecule has 0 spiro atoms. The van der Waals surface area contributed by atoms with Crippen molar-refractivity contribution >= 4 is 11.8 Å². The minimum absolute atomic E-state index is 0.00469. The monoisotopic (exact) mass is 440 g/mol. The lowest BCUT2D eigenvalue weighted by Crippen LogP contribution is -2.52. The minimum atomic E-state index is -0.0581. The number of nitrogens with zero attached hydrogens (tertiary/aromatic N) is 2. The lowest BCUT2D eigenvalue weighted by atomic mass is 10.1. The molecule has 3 rings (SSSR count). The summed E-state index contributed by atoms with van der Waals surface area (Å²) in [6.07, 6.45) is 0.281. The lowest BCUT2D eigenvalue weighted by Gasteiger charge is -2.35. The molecule has 7 nitrogen and oxygen atoms in total. The topological polar surface area (TPSA) is 68.3 Å². The van der Waals surface area contributed by atoms with Crippen LogP contribution < -0.4 is 14.2 Å². The van der Waals surface area contributed by atoms with E-state index in [1.54, 1.807) is 30.1 Å². The number of hydrogen-bond acceptors (Lipinski definition) is 5. The number of aryl methyl sites for hydroxylation is 2. The quantitative estimate of drug-likeness (QED) is 0.662. The Labute approximate surface area is 189 Å². The summed E-state index contributed by atoms with van der Waals surface area (Å²) in [5.74, 6) is 1.99. The third-order valence-electron chi connectivity index (χ3n) is 6.00. The van der Waals surface area contributed by atoms with Gasteiger partial charge in [0, 0.05) is 26.2 Å². The fourth-order valence-electron chi connectivity index (χ4n) is 3.86. The maximum absolute atomic E-state index is 12.7. The second kappa shape index (κ2) is 10.4. The zero-order chi connectivity index (χ0) is 23.3. The first-order valence-corrected chi connectivity index (χ1v) is 10.8. The fourth-order valence-corrected chi connectivity index (χ4v) is 3.86. The molecule has 0 radical (unpaired) electrons. The van der Waals surface area contributed by atoms with Crippen LogP contribution in [-0.4, -0.2) is 68.6 Å². The summed E-state index contributed by atoms with van der Waals surface area (Å²) in [5.41, 5.74) is 4.08. The molecule has 1 aliphatic heterocycles. The van der Waals surface area contributed by atoms with Crippen molar-refractivity contribution in [3.63, 3.8) is 0 Å². The predicted molar refractivity (Wildman–Crippen MR) is 123 cm³/mol. The Morgan fingerprint density at radius 1 is 0.812 bits per heavy atom. The molecule has 0 saturated carbocycles. The molecule has 2 aromatic rings. The molecule has 0 unspecified atom stereocenters. The molecule has 0 bridgehead atoms. The van der Waals surface area contributed by atoms with Gasteiger partial charge in [0.2, 0.25) is 5.91 Å². The second-order valence-electron chi connectivity index (χ2n) is 8.07. The molecule has 0 aromatic heterocycles. The smallest absolute Gasteiger partial charge is 0.260 e. The molecule has 0 aliphatic carbocycles. The van der Waals surface area contributed by atoms with Crippen LogP contribution in [0.3, 0.4) is 0 Å². The number of ether oxygens (including phenoxy) is 3. The maximum Gasteiger partial charge on any atom is 0.260 e. The van der Waals surface area contributed by atoms with Crippen LogP contribution >= 0.6 is 0 Å². The van der Waals surface area contributed by atoms with E-state index in [0.29, 0.717) is 37.7 Å². The van der Waals surface area contributed by atoms with Gasteiger partial charge in [-0.25, -0.2) is 0 Å². The van der Waals surface area contributed by atoms with E-state index in [0.717, 1.165) is 28.0 Å². The van der Waals surface area contributed by atoms with E-state index in [4.69, 9.17) is 14.2 Å². The van der Waals surface area contributed by atoms with Gasteiger partial charge in [-0.15, -0.1) is 0 Å². The Morgan fingerprint density at radius 2 is 1.41 bits per heavy atom. The molecule has 2 aromatic carbocycles. The standard InChI is InChI=1S/C25H32N2O5/c1-17-6-7-18(2)25(19(17)3)32-16-24(29)27-12-10-26(11-13-27)23(28)15-20-8-9-21(30-4)22(14-20)31-5/h6-9,14H,10-13,15-16H2,1-5H3. The Balaban J connectivity index is 1.51. The van der Waals surface area contributed by atoms with Gasteiger partial charge < -0.3 is 24.0 Å². The van der Waals surface area contributed by atoms with Crippen molar-refractivity contribution in [1.29, 1.82) is 0 Å². The Hall–Kier alpha value is -3.22. The highest BCUT2D eigenvalue weighted by atomic mass is 16.5. The molecule has 1 saturated heterocycles. The number of piperazine rings is 1. The van der Waals surface area contributed by atoms with Gasteiger partial charge >= 0.3 is 0 Å². The van der Waals surface area contributed by atoms with Gasteiger partial charge in [0.05, 0.1) is 20.6 Å². The highest BCUT2D eigenvalue weighted by molar-refractivity contribution is 5.80. The molecular formula is C25H32N2O5. The zero-order valence-corrected chi connectivity index (χ0v) is 19.6. The van der Waals surface area contributed by atoms with E-state index in [2.05, 4.69) is 6.07 Å². The lowest BCUT2D eigenvalue weighted by molar-refractivity contribution is -0.140. The van der Waals surface area contributed by atoms with Crippen molar-refractivity contribution in [2.75, 3.05) is 47.0 Å². The van der Waals surface area contributed by atoms with Crippen molar-refractivity contribution in [1.82, 2.24) is 9.80 Å². The molecule has 1 fully saturated rings. The summed E-state index contributed by atoms with van der Waals surface area (Å²) >= 11 is 0. The minimum Gasteiger partial charge on any atom is -0.493 e. The van der Waals surface area contributed by atoms with Crippen LogP contribution in [0.1, 0.15) is 22.3 Å². The largest absolute Gasteiger partial charge is 0.493 e. The first-order valence-electron chi connectivity index (χ1n) is 10.8. The number of amides is 2. The number of hydrogen-bond donors (Lipinski definition) is 0. The normalized spacial score (nSPS) is 13.7. The summed E-state index contributed by atoms with van der Waals surface area (Å²) in [4.78, 5) is 29.0. The fraction of sp³-hybridized carbons (Fsp3) is 0.440. The molecule has 1 heterocycles. The molecular weight excluding hydrogens is 408 g/mol. The van der Waals surface area contributed by atoms with Gasteiger partial charge in [0.15, 0.2) is 18.1 Å². The summed E-state index contributed by atoms with van der Waals surface area (Å²) in [7, 11) is 3.16. The number of methoxy groups -OCH3 is 2.